The van der Waals surface area contributed by atoms with Gasteiger partial charge in [-0.3, -0.25) is 4.98 Å². The molecule has 0 amide bonds. The van der Waals surface area contributed by atoms with Gasteiger partial charge < -0.3 is 9.47 Å². The van der Waals surface area contributed by atoms with Crippen molar-refractivity contribution < 1.29 is 9.47 Å². The van der Waals surface area contributed by atoms with Gasteiger partial charge in [0.25, 0.3) is 0 Å². The van der Waals surface area contributed by atoms with Gasteiger partial charge in [-0.25, -0.2) is 0 Å². The van der Waals surface area contributed by atoms with Crippen LogP contribution in [-0.2, 0) is 0 Å². The lowest BCUT2D eigenvalue weighted by Crippen LogP contribution is -1.92. The lowest BCUT2D eigenvalue weighted by Gasteiger charge is -2.04. The number of fused-ring (bicyclic) bond motifs is 4. The maximum Gasteiger partial charge on any atom is 0.231 e. The van der Waals surface area contributed by atoms with Crippen LogP contribution in [0.15, 0.2) is 42.6 Å². The van der Waals surface area contributed by atoms with Gasteiger partial charge in [-0.1, -0.05) is 12.1 Å². The van der Waals surface area contributed by atoms with Crippen LogP contribution in [0.25, 0.3) is 21.7 Å². The number of hydrogen-bond acceptors (Lipinski definition) is 3. The molecule has 1 aliphatic heterocycles. The molecule has 0 fully saturated rings. The van der Waals surface area contributed by atoms with Gasteiger partial charge in [0, 0.05) is 11.6 Å². The number of ether oxygens (including phenoxy) is 2. The molecule has 0 unspecified atom stereocenters. The number of hydrogen-bond donors (Lipinski definition) is 0. The van der Waals surface area contributed by atoms with Crippen molar-refractivity contribution in [3.63, 3.8) is 0 Å². The molecule has 4 rings (SSSR count). The van der Waals surface area contributed by atoms with Crippen LogP contribution in [0, 0.1) is 0 Å². The average molecular weight is 223 g/mol. The third-order valence-corrected chi connectivity index (χ3v) is 3.09. The number of nitrogens with zero attached hydrogens (tertiary/aromatic N) is 1. The molecule has 0 aliphatic carbocycles. The Kier molecular flexibility index (Phi) is 1.61. The Hall–Kier alpha value is -2.29. The van der Waals surface area contributed by atoms with Gasteiger partial charge in [0.05, 0.1) is 5.52 Å². The van der Waals surface area contributed by atoms with E-state index in [0.717, 1.165) is 33.2 Å². The van der Waals surface area contributed by atoms with E-state index in [1.54, 1.807) is 6.20 Å². The van der Waals surface area contributed by atoms with Crippen molar-refractivity contribution in [3.8, 4) is 11.5 Å². The van der Waals surface area contributed by atoms with Crippen LogP contribution >= 0.6 is 0 Å². The van der Waals surface area contributed by atoms with Gasteiger partial charge in [-0.15, -0.1) is 0 Å². The summed E-state index contributed by atoms with van der Waals surface area (Å²) in [4.78, 5) is 4.35. The van der Waals surface area contributed by atoms with Crippen molar-refractivity contribution >= 4 is 21.7 Å². The van der Waals surface area contributed by atoms with Gasteiger partial charge in [0.1, 0.15) is 0 Å². The Bertz CT molecular complexity index is 737. The Labute approximate surface area is 97.6 Å². The number of aromatic nitrogens is 1. The van der Waals surface area contributed by atoms with Gasteiger partial charge in [-0.2, -0.15) is 0 Å². The number of rotatable bonds is 0. The fourth-order valence-electron chi connectivity index (χ4n) is 2.28. The predicted octanol–water partition coefficient (Wildman–Crippen LogP) is 3.12. The first-order valence-corrected chi connectivity index (χ1v) is 5.49. The topological polar surface area (TPSA) is 31.4 Å². The normalized spacial score (nSPS) is 13.4. The first-order valence-electron chi connectivity index (χ1n) is 5.49. The molecular weight excluding hydrogens is 214 g/mol. The third-order valence-electron chi connectivity index (χ3n) is 3.09. The second-order valence-electron chi connectivity index (χ2n) is 4.06. The first kappa shape index (κ1) is 8.82. The van der Waals surface area contributed by atoms with Crippen molar-refractivity contribution in [2.75, 3.05) is 6.79 Å². The molecule has 17 heavy (non-hydrogen) atoms. The smallest absolute Gasteiger partial charge is 0.231 e. The van der Waals surface area contributed by atoms with Crippen molar-refractivity contribution in [1.29, 1.82) is 0 Å². The maximum atomic E-state index is 5.41. The van der Waals surface area contributed by atoms with Gasteiger partial charge in [-0.05, 0) is 35.0 Å². The Balaban J connectivity index is 2.19. The quantitative estimate of drug-likeness (QED) is 0.549. The predicted molar refractivity (Wildman–Crippen MR) is 65.4 cm³/mol. The molecule has 82 valence electrons. The molecule has 3 nitrogen and oxygen atoms in total. The molecular formula is C14H9NO2. The Morgan fingerprint density at radius 2 is 1.82 bits per heavy atom. The van der Waals surface area contributed by atoms with Crippen molar-refractivity contribution in [2.45, 2.75) is 0 Å². The molecule has 3 heteroatoms. The number of benzene rings is 2. The van der Waals surface area contributed by atoms with Crippen LogP contribution in [0.1, 0.15) is 0 Å². The van der Waals surface area contributed by atoms with E-state index in [9.17, 15) is 0 Å². The van der Waals surface area contributed by atoms with Crippen LogP contribution in [0.4, 0.5) is 0 Å². The van der Waals surface area contributed by atoms with Crippen molar-refractivity contribution in [3.05, 3.63) is 42.6 Å². The molecule has 0 saturated heterocycles. The zero-order chi connectivity index (χ0) is 11.2. The summed E-state index contributed by atoms with van der Waals surface area (Å²) >= 11 is 0. The fourth-order valence-corrected chi connectivity index (χ4v) is 2.28. The van der Waals surface area contributed by atoms with Gasteiger partial charge in [0.15, 0.2) is 11.5 Å². The lowest BCUT2D eigenvalue weighted by atomic mass is 10.0. The summed E-state index contributed by atoms with van der Waals surface area (Å²) in [6.07, 6.45) is 1.81. The minimum absolute atomic E-state index is 0.307. The molecule has 2 aromatic carbocycles. The van der Waals surface area contributed by atoms with E-state index in [4.69, 9.17) is 9.47 Å². The van der Waals surface area contributed by atoms with E-state index in [2.05, 4.69) is 17.1 Å². The van der Waals surface area contributed by atoms with Crippen LogP contribution < -0.4 is 9.47 Å². The van der Waals surface area contributed by atoms with Crippen LogP contribution in [0.2, 0.25) is 0 Å². The Morgan fingerprint density at radius 3 is 2.76 bits per heavy atom. The highest BCUT2D eigenvalue weighted by atomic mass is 16.7. The summed E-state index contributed by atoms with van der Waals surface area (Å²) in [6, 6.07) is 12.2. The van der Waals surface area contributed by atoms with E-state index in [0.29, 0.717) is 6.79 Å². The zero-order valence-corrected chi connectivity index (χ0v) is 9.01. The highest BCUT2D eigenvalue weighted by molar-refractivity contribution is 6.07. The molecule has 0 saturated carbocycles. The molecule has 0 N–H and O–H groups in total. The summed E-state index contributed by atoms with van der Waals surface area (Å²) in [5, 5.41) is 3.44. The Morgan fingerprint density at radius 1 is 0.941 bits per heavy atom. The average Bonchev–Trinajstić information content (AvgIpc) is 2.83. The minimum atomic E-state index is 0.307. The molecule has 1 aliphatic rings. The first-order chi connectivity index (χ1) is 8.42. The monoisotopic (exact) mass is 223 g/mol. The highest BCUT2D eigenvalue weighted by Crippen LogP contribution is 2.38. The zero-order valence-electron chi connectivity index (χ0n) is 9.01. The summed E-state index contributed by atoms with van der Waals surface area (Å²) in [6.45, 7) is 0.307. The minimum Gasteiger partial charge on any atom is -0.454 e. The molecule has 0 atom stereocenters. The molecule has 0 spiro atoms. The largest absolute Gasteiger partial charge is 0.454 e. The van der Waals surface area contributed by atoms with E-state index in [1.807, 2.05) is 24.3 Å². The van der Waals surface area contributed by atoms with Crippen LogP contribution in [-0.4, -0.2) is 11.8 Å². The summed E-state index contributed by atoms with van der Waals surface area (Å²) in [5.74, 6) is 1.63. The van der Waals surface area contributed by atoms with E-state index >= 15 is 0 Å². The van der Waals surface area contributed by atoms with Crippen molar-refractivity contribution in [1.82, 2.24) is 4.98 Å². The summed E-state index contributed by atoms with van der Waals surface area (Å²) < 4.78 is 10.8. The van der Waals surface area contributed by atoms with Gasteiger partial charge in [0.2, 0.25) is 6.79 Å². The van der Waals surface area contributed by atoms with Gasteiger partial charge >= 0.3 is 0 Å². The second-order valence-corrected chi connectivity index (χ2v) is 4.06. The summed E-state index contributed by atoms with van der Waals surface area (Å²) in [7, 11) is 0. The van der Waals surface area contributed by atoms with E-state index in [1.165, 1.54) is 0 Å². The second kappa shape index (κ2) is 3.10. The third kappa shape index (κ3) is 1.19. The van der Waals surface area contributed by atoms with E-state index < -0.39 is 0 Å². The van der Waals surface area contributed by atoms with Crippen molar-refractivity contribution in [2.24, 2.45) is 0 Å². The van der Waals surface area contributed by atoms with E-state index in [-0.39, 0.29) is 0 Å². The fraction of sp³-hybridized carbons (Fsp3) is 0.0714. The molecule has 0 radical (unpaired) electrons. The highest BCUT2D eigenvalue weighted by Gasteiger charge is 2.14. The maximum absolute atomic E-state index is 5.41. The lowest BCUT2D eigenvalue weighted by molar-refractivity contribution is 0.174. The molecule has 2 heterocycles. The number of pyridine rings is 1. The summed E-state index contributed by atoms with van der Waals surface area (Å²) in [5.41, 5.74) is 0.999. The van der Waals surface area contributed by atoms with Crippen LogP contribution in [0.3, 0.4) is 0 Å². The standard InChI is InChI=1S/C14H9NO2/c1-2-10-11-7-14-13(16-8-17-14)6-9(11)3-4-12(10)15-5-1/h1-7H,8H2. The SMILES string of the molecule is c1cnc2ccc3cc4c(cc3c2c1)OCO4. The van der Waals surface area contributed by atoms with Crippen LogP contribution in [0.5, 0.6) is 11.5 Å². The molecule has 0 bridgehead atoms. The molecule has 1 aromatic heterocycles. The molecule has 3 aromatic rings.